The van der Waals surface area contributed by atoms with Crippen LogP contribution in [0.1, 0.15) is 38.6 Å². The van der Waals surface area contributed by atoms with Crippen LogP contribution in [0.5, 0.6) is 0 Å². The van der Waals surface area contributed by atoms with Crippen molar-refractivity contribution in [1.82, 2.24) is 15.1 Å². The molecule has 4 nitrogen and oxygen atoms in total. The maximum Gasteiger partial charge on any atom is 0.0624 e. The second-order valence-corrected chi connectivity index (χ2v) is 4.62. The summed E-state index contributed by atoms with van der Waals surface area (Å²) in [4.78, 5) is 0. The summed E-state index contributed by atoms with van der Waals surface area (Å²) in [5, 5.41) is 8.03. The van der Waals surface area contributed by atoms with E-state index in [2.05, 4.69) is 30.3 Å². The lowest BCUT2D eigenvalue weighted by atomic mass is 10.1. The second-order valence-electron chi connectivity index (χ2n) is 4.62. The Morgan fingerprint density at radius 1 is 1.39 bits per heavy atom. The van der Waals surface area contributed by atoms with Crippen LogP contribution in [0.4, 0.5) is 0 Å². The molecule has 1 aromatic heterocycles. The lowest BCUT2D eigenvalue weighted by Crippen LogP contribution is -2.36. The molecule has 0 aliphatic heterocycles. The molecule has 1 heterocycles. The Morgan fingerprint density at radius 3 is 2.72 bits per heavy atom. The Hall–Kier alpha value is -0.870. The molecule has 0 aliphatic carbocycles. The number of hydrogen-bond acceptors (Lipinski definition) is 3. The summed E-state index contributed by atoms with van der Waals surface area (Å²) in [5.74, 6) is 0. The summed E-state index contributed by atoms with van der Waals surface area (Å²) < 4.78 is 7.54. The molecular weight excluding hydrogens is 226 g/mol. The highest BCUT2D eigenvalue weighted by Crippen LogP contribution is 2.07. The average Bonchev–Trinajstić information content (AvgIpc) is 2.73. The molecule has 4 heteroatoms. The SMILES string of the molecule is CCCNC(COCC)Cc1cc(CC)nn1C. The lowest BCUT2D eigenvalue weighted by molar-refractivity contribution is 0.122. The van der Waals surface area contributed by atoms with E-state index in [1.165, 1.54) is 5.69 Å². The maximum absolute atomic E-state index is 5.55. The molecule has 1 atom stereocenters. The van der Waals surface area contributed by atoms with Crippen LogP contribution in [-0.4, -0.2) is 35.6 Å². The molecule has 1 unspecified atom stereocenters. The predicted octanol–water partition coefficient (Wildman–Crippen LogP) is 1.93. The second kappa shape index (κ2) is 8.27. The van der Waals surface area contributed by atoms with Gasteiger partial charge in [-0.05, 0) is 32.4 Å². The Morgan fingerprint density at radius 2 is 2.17 bits per heavy atom. The molecular formula is C14H27N3O. The van der Waals surface area contributed by atoms with Gasteiger partial charge in [-0.1, -0.05) is 13.8 Å². The number of ether oxygens (including phenoxy) is 1. The van der Waals surface area contributed by atoms with Crippen LogP contribution in [0.15, 0.2) is 6.07 Å². The molecule has 1 rings (SSSR count). The van der Waals surface area contributed by atoms with Crippen LogP contribution >= 0.6 is 0 Å². The minimum Gasteiger partial charge on any atom is -0.380 e. The topological polar surface area (TPSA) is 39.1 Å². The van der Waals surface area contributed by atoms with E-state index in [-0.39, 0.29) is 0 Å². The monoisotopic (exact) mass is 253 g/mol. The Balaban J connectivity index is 2.59. The molecule has 0 radical (unpaired) electrons. The van der Waals surface area contributed by atoms with Crippen molar-refractivity contribution in [2.24, 2.45) is 7.05 Å². The number of aryl methyl sites for hydroxylation is 2. The third-order valence-electron chi connectivity index (χ3n) is 3.05. The molecule has 0 saturated heterocycles. The van der Waals surface area contributed by atoms with Crippen molar-refractivity contribution in [3.05, 3.63) is 17.5 Å². The number of aromatic nitrogens is 2. The molecule has 0 amide bonds. The van der Waals surface area contributed by atoms with Gasteiger partial charge in [0.2, 0.25) is 0 Å². The molecule has 0 fully saturated rings. The zero-order chi connectivity index (χ0) is 13.4. The van der Waals surface area contributed by atoms with Crippen molar-refractivity contribution in [2.75, 3.05) is 19.8 Å². The van der Waals surface area contributed by atoms with Crippen molar-refractivity contribution in [1.29, 1.82) is 0 Å². The van der Waals surface area contributed by atoms with Gasteiger partial charge in [0.1, 0.15) is 0 Å². The minimum absolute atomic E-state index is 0.380. The zero-order valence-corrected chi connectivity index (χ0v) is 12.2. The number of hydrogen-bond donors (Lipinski definition) is 1. The smallest absolute Gasteiger partial charge is 0.0624 e. The molecule has 0 aliphatic rings. The Kier molecular flexibility index (Phi) is 6.98. The third-order valence-corrected chi connectivity index (χ3v) is 3.05. The van der Waals surface area contributed by atoms with Crippen molar-refractivity contribution >= 4 is 0 Å². The van der Waals surface area contributed by atoms with Crippen LogP contribution < -0.4 is 5.32 Å². The van der Waals surface area contributed by atoms with E-state index in [1.807, 2.05) is 18.7 Å². The van der Waals surface area contributed by atoms with Crippen molar-refractivity contribution in [3.63, 3.8) is 0 Å². The number of nitrogens with zero attached hydrogens (tertiary/aromatic N) is 2. The summed E-state index contributed by atoms with van der Waals surface area (Å²) in [5.41, 5.74) is 2.44. The lowest BCUT2D eigenvalue weighted by Gasteiger charge is -2.18. The van der Waals surface area contributed by atoms with Crippen molar-refractivity contribution in [2.45, 2.75) is 46.1 Å². The fourth-order valence-electron chi connectivity index (χ4n) is 1.99. The number of rotatable bonds is 9. The van der Waals surface area contributed by atoms with E-state index < -0.39 is 0 Å². The standard InChI is InChI=1S/C14H27N3O/c1-5-8-15-13(11-18-7-3)10-14-9-12(6-2)16-17(14)4/h9,13,15H,5-8,10-11H2,1-4H3. The first-order chi connectivity index (χ1) is 8.71. The van der Waals surface area contributed by atoms with Gasteiger partial charge in [0.05, 0.1) is 12.3 Å². The van der Waals surface area contributed by atoms with Crippen LogP contribution in [0.25, 0.3) is 0 Å². The molecule has 1 aromatic rings. The predicted molar refractivity (Wildman–Crippen MR) is 74.9 cm³/mol. The highest BCUT2D eigenvalue weighted by atomic mass is 16.5. The number of nitrogens with one attached hydrogen (secondary N) is 1. The molecule has 0 aromatic carbocycles. The molecule has 18 heavy (non-hydrogen) atoms. The maximum atomic E-state index is 5.55. The molecule has 1 N–H and O–H groups in total. The van der Waals surface area contributed by atoms with Crippen LogP contribution in [-0.2, 0) is 24.6 Å². The normalized spacial score (nSPS) is 12.9. The van der Waals surface area contributed by atoms with Crippen LogP contribution in [0, 0.1) is 0 Å². The molecule has 0 bridgehead atoms. The van der Waals surface area contributed by atoms with E-state index in [0.29, 0.717) is 6.04 Å². The zero-order valence-electron chi connectivity index (χ0n) is 12.2. The summed E-state index contributed by atoms with van der Waals surface area (Å²) in [6, 6.07) is 2.58. The largest absolute Gasteiger partial charge is 0.380 e. The van der Waals surface area contributed by atoms with Gasteiger partial charge >= 0.3 is 0 Å². The first-order valence-corrected chi connectivity index (χ1v) is 7.04. The van der Waals surface area contributed by atoms with E-state index in [4.69, 9.17) is 4.74 Å². The fraction of sp³-hybridized carbons (Fsp3) is 0.786. The minimum atomic E-state index is 0.380. The first-order valence-electron chi connectivity index (χ1n) is 7.04. The molecule has 104 valence electrons. The van der Waals surface area contributed by atoms with Gasteiger partial charge in [-0.3, -0.25) is 4.68 Å². The average molecular weight is 253 g/mol. The quantitative estimate of drug-likeness (QED) is 0.731. The molecule has 0 saturated carbocycles. The van der Waals surface area contributed by atoms with Gasteiger partial charge < -0.3 is 10.1 Å². The summed E-state index contributed by atoms with van der Waals surface area (Å²) in [7, 11) is 2.02. The van der Waals surface area contributed by atoms with Crippen molar-refractivity contribution in [3.8, 4) is 0 Å². The summed E-state index contributed by atoms with van der Waals surface area (Å²) in [6.07, 6.45) is 3.12. The Bertz CT molecular complexity index is 328. The molecule has 0 spiro atoms. The van der Waals surface area contributed by atoms with Gasteiger partial charge in [-0.2, -0.15) is 5.10 Å². The first kappa shape index (κ1) is 15.2. The van der Waals surface area contributed by atoms with E-state index in [9.17, 15) is 0 Å². The van der Waals surface area contributed by atoms with Gasteiger partial charge in [0, 0.05) is 31.8 Å². The van der Waals surface area contributed by atoms with E-state index in [0.717, 1.165) is 44.7 Å². The summed E-state index contributed by atoms with van der Waals surface area (Å²) in [6.45, 7) is 8.94. The highest BCUT2D eigenvalue weighted by Gasteiger charge is 2.12. The van der Waals surface area contributed by atoms with Crippen LogP contribution in [0.3, 0.4) is 0 Å². The van der Waals surface area contributed by atoms with Crippen LogP contribution in [0.2, 0.25) is 0 Å². The fourth-order valence-corrected chi connectivity index (χ4v) is 1.99. The van der Waals surface area contributed by atoms with Crippen molar-refractivity contribution < 1.29 is 4.74 Å². The van der Waals surface area contributed by atoms with Gasteiger partial charge in [-0.15, -0.1) is 0 Å². The van der Waals surface area contributed by atoms with Gasteiger partial charge in [0.25, 0.3) is 0 Å². The van der Waals surface area contributed by atoms with E-state index >= 15 is 0 Å². The van der Waals surface area contributed by atoms with Gasteiger partial charge in [-0.25, -0.2) is 0 Å². The van der Waals surface area contributed by atoms with Gasteiger partial charge in [0.15, 0.2) is 0 Å². The Labute approximate surface area is 111 Å². The highest BCUT2D eigenvalue weighted by molar-refractivity contribution is 5.11. The van der Waals surface area contributed by atoms with E-state index in [1.54, 1.807) is 0 Å². The summed E-state index contributed by atoms with van der Waals surface area (Å²) >= 11 is 0. The third kappa shape index (κ3) is 4.78.